The predicted octanol–water partition coefficient (Wildman–Crippen LogP) is 0.547. The minimum Gasteiger partial charge on any atom is -0.399 e. The van der Waals surface area contributed by atoms with Gasteiger partial charge >= 0.3 is 0 Å². The normalized spacial score (nSPS) is 19.6. The topological polar surface area (TPSA) is 69.7 Å². The molecule has 0 saturated heterocycles. The number of rotatable bonds is 3. The zero-order valence-corrected chi connectivity index (χ0v) is 9.26. The second-order valence-corrected chi connectivity index (χ2v) is 4.20. The van der Waals surface area contributed by atoms with Crippen molar-refractivity contribution < 1.29 is 10.2 Å². The number of hydrogen-bond donors (Lipinski definition) is 3. The SMILES string of the molecule is Nc1ccc2c(c1)C(CO)CCN2CCO. The fraction of sp³-hybridized carbons (Fsp3) is 0.500. The van der Waals surface area contributed by atoms with Crippen LogP contribution in [0.1, 0.15) is 17.9 Å². The fourth-order valence-corrected chi connectivity index (χ4v) is 2.32. The minimum absolute atomic E-state index is 0.146. The highest BCUT2D eigenvalue weighted by Gasteiger charge is 2.24. The second-order valence-electron chi connectivity index (χ2n) is 4.20. The van der Waals surface area contributed by atoms with Gasteiger partial charge in [0, 0.05) is 30.4 Å². The van der Waals surface area contributed by atoms with Crippen molar-refractivity contribution in [3.8, 4) is 0 Å². The number of fused-ring (bicyclic) bond motifs is 1. The Kier molecular flexibility index (Phi) is 3.31. The van der Waals surface area contributed by atoms with E-state index in [1.165, 1.54) is 0 Å². The second kappa shape index (κ2) is 4.72. The van der Waals surface area contributed by atoms with Crippen molar-refractivity contribution in [2.45, 2.75) is 12.3 Å². The molecule has 0 amide bonds. The average Bonchev–Trinajstić information content (AvgIpc) is 2.29. The molecule has 0 bridgehead atoms. The van der Waals surface area contributed by atoms with Crippen LogP contribution in [-0.2, 0) is 0 Å². The maximum absolute atomic E-state index is 9.34. The Hall–Kier alpha value is -1.26. The summed E-state index contributed by atoms with van der Waals surface area (Å²) in [6.07, 6.45) is 0.910. The van der Waals surface area contributed by atoms with Gasteiger partial charge in [0.25, 0.3) is 0 Å². The van der Waals surface area contributed by atoms with Crippen molar-refractivity contribution in [2.75, 3.05) is 36.9 Å². The third kappa shape index (κ3) is 1.99. The summed E-state index contributed by atoms with van der Waals surface area (Å²) in [5.74, 6) is 0.174. The van der Waals surface area contributed by atoms with Gasteiger partial charge in [-0.25, -0.2) is 0 Å². The zero-order chi connectivity index (χ0) is 11.5. The van der Waals surface area contributed by atoms with Crippen molar-refractivity contribution in [3.63, 3.8) is 0 Å². The molecule has 1 atom stereocenters. The molecular formula is C12H18N2O2. The monoisotopic (exact) mass is 222 g/mol. The smallest absolute Gasteiger partial charge is 0.0606 e. The average molecular weight is 222 g/mol. The Labute approximate surface area is 95.3 Å². The van der Waals surface area contributed by atoms with E-state index in [1.807, 2.05) is 18.2 Å². The lowest BCUT2D eigenvalue weighted by molar-refractivity contribution is 0.254. The first-order valence-corrected chi connectivity index (χ1v) is 5.62. The van der Waals surface area contributed by atoms with Gasteiger partial charge in [-0.1, -0.05) is 0 Å². The third-order valence-electron chi connectivity index (χ3n) is 3.17. The van der Waals surface area contributed by atoms with Crippen LogP contribution in [0.2, 0.25) is 0 Å². The van der Waals surface area contributed by atoms with E-state index in [1.54, 1.807) is 0 Å². The van der Waals surface area contributed by atoms with Crippen molar-refractivity contribution in [2.24, 2.45) is 0 Å². The molecule has 1 aliphatic heterocycles. The summed E-state index contributed by atoms with van der Waals surface area (Å²) < 4.78 is 0. The van der Waals surface area contributed by atoms with Crippen molar-refractivity contribution in [1.29, 1.82) is 0 Å². The first kappa shape index (κ1) is 11.2. The van der Waals surface area contributed by atoms with Crippen molar-refractivity contribution in [3.05, 3.63) is 23.8 Å². The predicted molar refractivity (Wildman–Crippen MR) is 64.6 cm³/mol. The van der Waals surface area contributed by atoms with E-state index >= 15 is 0 Å². The molecule has 0 spiro atoms. The largest absolute Gasteiger partial charge is 0.399 e. The summed E-state index contributed by atoms with van der Waals surface area (Å²) >= 11 is 0. The molecule has 1 aromatic rings. The Balaban J connectivity index is 2.36. The van der Waals surface area contributed by atoms with Crippen LogP contribution in [-0.4, -0.2) is 36.5 Å². The molecule has 0 radical (unpaired) electrons. The Morgan fingerprint density at radius 2 is 2.19 bits per heavy atom. The van der Waals surface area contributed by atoms with Gasteiger partial charge in [-0.2, -0.15) is 0 Å². The van der Waals surface area contributed by atoms with Crippen LogP contribution in [0, 0.1) is 0 Å². The van der Waals surface area contributed by atoms with E-state index in [2.05, 4.69) is 4.90 Å². The highest BCUT2D eigenvalue weighted by Crippen LogP contribution is 2.35. The Bertz CT molecular complexity index is 368. The number of hydrogen-bond acceptors (Lipinski definition) is 4. The number of aliphatic hydroxyl groups is 2. The lowest BCUT2D eigenvalue weighted by atomic mass is 9.90. The zero-order valence-electron chi connectivity index (χ0n) is 9.26. The summed E-state index contributed by atoms with van der Waals surface area (Å²) in [5, 5.41) is 18.3. The summed E-state index contributed by atoms with van der Waals surface area (Å²) in [5.41, 5.74) is 8.68. The Morgan fingerprint density at radius 1 is 1.38 bits per heavy atom. The number of nitrogens with zero attached hydrogens (tertiary/aromatic N) is 1. The summed E-state index contributed by atoms with van der Waals surface area (Å²) in [4.78, 5) is 2.14. The van der Waals surface area contributed by atoms with Crippen molar-refractivity contribution in [1.82, 2.24) is 0 Å². The molecule has 88 valence electrons. The van der Waals surface area contributed by atoms with E-state index < -0.39 is 0 Å². The van der Waals surface area contributed by atoms with Gasteiger partial charge < -0.3 is 20.8 Å². The van der Waals surface area contributed by atoms with Gasteiger partial charge in [-0.15, -0.1) is 0 Å². The third-order valence-corrected chi connectivity index (χ3v) is 3.17. The first-order chi connectivity index (χ1) is 7.76. The molecule has 1 aromatic carbocycles. The maximum atomic E-state index is 9.34. The maximum Gasteiger partial charge on any atom is 0.0606 e. The lowest BCUT2D eigenvalue weighted by Gasteiger charge is -2.35. The van der Waals surface area contributed by atoms with Gasteiger partial charge in [0.2, 0.25) is 0 Å². The Morgan fingerprint density at radius 3 is 2.88 bits per heavy atom. The standard InChI is InChI=1S/C12H18N2O2/c13-10-1-2-12-11(7-10)9(8-16)3-4-14(12)5-6-15/h1-2,7,9,15-16H,3-6,8,13H2. The number of nitrogen functional groups attached to an aromatic ring is 1. The molecule has 2 rings (SSSR count). The molecule has 0 aromatic heterocycles. The van der Waals surface area contributed by atoms with Gasteiger partial charge in [0.1, 0.15) is 0 Å². The quantitative estimate of drug-likeness (QED) is 0.653. The van der Waals surface area contributed by atoms with Gasteiger partial charge in [-0.05, 0) is 30.2 Å². The van der Waals surface area contributed by atoms with Gasteiger partial charge in [0.05, 0.1) is 13.2 Å². The highest BCUT2D eigenvalue weighted by atomic mass is 16.3. The van der Waals surface area contributed by atoms with Crippen LogP contribution >= 0.6 is 0 Å². The molecule has 1 unspecified atom stereocenters. The minimum atomic E-state index is 0.146. The van der Waals surface area contributed by atoms with E-state index in [-0.39, 0.29) is 19.1 Å². The van der Waals surface area contributed by atoms with E-state index in [9.17, 15) is 5.11 Å². The number of anilines is 2. The first-order valence-electron chi connectivity index (χ1n) is 5.62. The van der Waals surface area contributed by atoms with Crippen molar-refractivity contribution >= 4 is 11.4 Å². The molecule has 1 aliphatic rings. The summed E-state index contributed by atoms with van der Waals surface area (Å²) in [7, 11) is 0. The van der Waals surface area contributed by atoms with Crippen LogP contribution in [0.25, 0.3) is 0 Å². The van der Waals surface area contributed by atoms with E-state index in [4.69, 9.17) is 10.8 Å². The number of β-amino-alcohol motifs (C(OH)–C–C–N with tert-alkyl or cyclic N) is 1. The summed E-state index contributed by atoms with van der Waals surface area (Å²) in [6.45, 7) is 1.81. The molecule has 4 heteroatoms. The molecular weight excluding hydrogens is 204 g/mol. The van der Waals surface area contributed by atoms with Crippen LogP contribution in [0.4, 0.5) is 11.4 Å². The molecule has 4 nitrogen and oxygen atoms in total. The number of aliphatic hydroxyl groups excluding tert-OH is 2. The van der Waals surface area contributed by atoms with Crippen LogP contribution < -0.4 is 10.6 Å². The van der Waals surface area contributed by atoms with Crippen LogP contribution in [0.15, 0.2) is 18.2 Å². The fourth-order valence-electron chi connectivity index (χ4n) is 2.32. The number of benzene rings is 1. The number of nitrogens with two attached hydrogens (primary N) is 1. The molecule has 0 fully saturated rings. The summed E-state index contributed by atoms with van der Waals surface area (Å²) in [6, 6.07) is 5.77. The molecule has 0 aliphatic carbocycles. The molecule has 0 saturated carbocycles. The molecule has 4 N–H and O–H groups in total. The lowest BCUT2D eigenvalue weighted by Crippen LogP contribution is -2.34. The van der Waals surface area contributed by atoms with Gasteiger partial charge in [-0.3, -0.25) is 0 Å². The highest BCUT2D eigenvalue weighted by molar-refractivity contribution is 5.62. The van der Waals surface area contributed by atoms with E-state index in [0.717, 1.165) is 29.9 Å². The van der Waals surface area contributed by atoms with E-state index in [0.29, 0.717) is 6.54 Å². The molecule has 16 heavy (non-hydrogen) atoms. The van der Waals surface area contributed by atoms with Gasteiger partial charge in [0.15, 0.2) is 0 Å². The van der Waals surface area contributed by atoms with Crippen LogP contribution in [0.3, 0.4) is 0 Å². The molecule has 1 heterocycles. The van der Waals surface area contributed by atoms with Crippen LogP contribution in [0.5, 0.6) is 0 Å².